The van der Waals surface area contributed by atoms with E-state index in [0.29, 0.717) is 12.2 Å². The minimum atomic E-state index is -1.25. The summed E-state index contributed by atoms with van der Waals surface area (Å²) in [6.45, 7) is 5.56. The van der Waals surface area contributed by atoms with E-state index in [1.807, 2.05) is 39.0 Å². The van der Waals surface area contributed by atoms with Crippen LogP contribution >= 0.6 is 0 Å². The Bertz CT molecular complexity index is 710. The van der Waals surface area contributed by atoms with E-state index in [1.165, 1.54) is 0 Å². The fraction of sp³-hybridized carbons (Fsp3) is 0.350. The first-order chi connectivity index (χ1) is 11.8. The van der Waals surface area contributed by atoms with Crippen LogP contribution in [0.25, 0.3) is 0 Å². The molecule has 1 atom stereocenters. The minimum absolute atomic E-state index is 0.105. The maximum absolute atomic E-state index is 12.2. The Hall–Kier alpha value is -2.53. The highest BCUT2D eigenvalue weighted by molar-refractivity contribution is 5.81. The molecule has 2 rings (SSSR count). The van der Waals surface area contributed by atoms with Crippen LogP contribution in [0.15, 0.2) is 48.5 Å². The molecule has 0 aliphatic carbocycles. The Morgan fingerprint density at radius 2 is 1.80 bits per heavy atom. The number of aliphatic hydroxyl groups excluding tert-OH is 1. The minimum Gasteiger partial charge on any atom is -0.508 e. The molecule has 1 amide bonds. The number of para-hydroxylation sites is 1. The van der Waals surface area contributed by atoms with E-state index in [4.69, 9.17) is 4.74 Å². The molecule has 134 valence electrons. The molecule has 0 aromatic heterocycles. The predicted octanol–water partition coefficient (Wildman–Crippen LogP) is 2.58. The summed E-state index contributed by atoms with van der Waals surface area (Å²) >= 11 is 0. The molecule has 1 unspecified atom stereocenters. The quantitative estimate of drug-likeness (QED) is 0.722. The van der Waals surface area contributed by atoms with Crippen LogP contribution in [0.5, 0.6) is 11.5 Å². The zero-order chi connectivity index (χ0) is 18.4. The number of nitrogens with one attached hydrogen (secondary N) is 1. The first-order valence-corrected chi connectivity index (χ1v) is 8.23. The van der Waals surface area contributed by atoms with Gasteiger partial charge < -0.3 is 20.3 Å². The number of benzene rings is 2. The Labute approximate surface area is 148 Å². The lowest BCUT2D eigenvalue weighted by atomic mass is 9.94. The summed E-state index contributed by atoms with van der Waals surface area (Å²) in [7, 11) is 0. The predicted molar refractivity (Wildman–Crippen MR) is 96.7 cm³/mol. The van der Waals surface area contributed by atoms with Crippen molar-refractivity contribution < 1.29 is 19.7 Å². The Kier molecular flexibility index (Phi) is 6.04. The number of hydrogen-bond acceptors (Lipinski definition) is 4. The van der Waals surface area contributed by atoms with Gasteiger partial charge in [0.25, 0.3) is 5.91 Å². The Morgan fingerprint density at radius 1 is 1.16 bits per heavy atom. The molecule has 0 aliphatic rings. The van der Waals surface area contributed by atoms with Gasteiger partial charge in [0, 0.05) is 5.54 Å². The molecule has 0 bridgehead atoms. The summed E-state index contributed by atoms with van der Waals surface area (Å²) in [5, 5.41) is 22.2. The maximum Gasteiger partial charge on any atom is 0.252 e. The lowest BCUT2D eigenvalue weighted by Gasteiger charge is -2.28. The van der Waals surface area contributed by atoms with Crippen LogP contribution in [0, 0.1) is 6.92 Å². The third kappa shape index (κ3) is 5.80. The van der Waals surface area contributed by atoms with Crippen LogP contribution < -0.4 is 10.1 Å². The highest BCUT2D eigenvalue weighted by Crippen LogP contribution is 2.18. The van der Waals surface area contributed by atoms with Crippen LogP contribution in [0.1, 0.15) is 25.0 Å². The number of ether oxygens (including phenoxy) is 1. The SMILES string of the molecule is Cc1ccccc1OCC(O)C(=O)NC(C)(C)Cc1ccc(O)cc1. The second kappa shape index (κ2) is 8.03. The highest BCUT2D eigenvalue weighted by atomic mass is 16.5. The maximum atomic E-state index is 12.2. The third-order valence-electron chi connectivity index (χ3n) is 3.84. The first-order valence-electron chi connectivity index (χ1n) is 8.23. The van der Waals surface area contributed by atoms with E-state index >= 15 is 0 Å². The number of hydrogen-bond donors (Lipinski definition) is 3. The topological polar surface area (TPSA) is 78.8 Å². The number of phenols is 1. The molecule has 0 aliphatic heterocycles. The molecule has 5 heteroatoms. The van der Waals surface area contributed by atoms with Gasteiger partial charge in [0.05, 0.1) is 0 Å². The van der Waals surface area contributed by atoms with Gasteiger partial charge in [-0.1, -0.05) is 30.3 Å². The summed E-state index contributed by atoms with van der Waals surface area (Å²) in [6.07, 6.45) is -0.677. The summed E-state index contributed by atoms with van der Waals surface area (Å²) in [5.74, 6) is 0.379. The van der Waals surface area contributed by atoms with Crippen molar-refractivity contribution in [1.29, 1.82) is 0 Å². The van der Waals surface area contributed by atoms with Gasteiger partial charge in [-0.15, -0.1) is 0 Å². The average Bonchev–Trinajstić information content (AvgIpc) is 2.55. The average molecular weight is 343 g/mol. The van der Waals surface area contributed by atoms with Gasteiger partial charge in [0.2, 0.25) is 0 Å². The zero-order valence-electron chi connectivity index (χ0n) is 14.8. The second-order valence-corrected chi connectivity index (χ2v) is 6.81. The van der Waals surface area contributed by atoms with E-state index in [0.717, 1.165) is 11.1 Å². The number of rotatable bonds is 7. The number of carbonyl (C=O) groups is 1. The van der Waals surface area contributed by atoms with Gasteiger partial charge in [0.1, 0.15) is 18.1 Å². The van der Waals surface area contributed by atoms with E-state index in [2.05, 4.69) is 5.32 Å². The number of aromatic hydroxyl groups is 1. The monoisotopic (exact) mass is 343 g/mol. The number of aliphatic hydroxyl groups is 1. The molecule has 0 heterocycles. The van der Waals surface area contributed by atoms with Gasteiger partial charge in [0.15, 0.2) is 6.10 Å². The molecular formula is C20H25NO4. The van der Waals surface area contributed by atoms with Crippen molar-refractivity contribution in [3.05, 3.63) is 59.7 Å². The molecule has 0 saturated carbocycles. The highest BCUT2D eigenvalue weighted by Gasteiger charge is 2.25. The van der Waals surface area contributed by atoms with E-state index in [9.17, 15) is 15.0 Å². The largest absolute Gasteiger partial charge is 0.508 e. The third-order valence-corrected chi connectivity index (χ3v) is 3.84. The molecule has 0 spiro atoms. The summed E-state index contributed by atoms with van der Waals surface area (Å²) < 4.78 is 5.53. The van der Waals surface area contributed by atoms with Crippen molar-refractivity contribution >= 4 is 5.91 Å². The smallest absolute Gasteiger partial charge is 0.252 e. The van der Waals surface area contributed by atoms with Gasteiger partial charge in [-0.25, -0.2) is 0 Å². The van der Waals surface area contributed by atoms with E-state index in [1.54, 1.807) is 30.3 Å². The molecule has 0 saturated heterocycles. The molecule has 3 N–H and O–H groups in total. The fourth-order valence-electron chi connectivity index (χ4n) is 2.55. The van der Waals surface area contributed by atoms with Gasteiger partial charge >= 0.3 is 0 Å². The second-order valence-electron chi connectivity index (χ2n) is 6.81. The van der Waals surface area contributed by atoms with Crippen molar-refractivity contribution in [1.82, 2.24) is 5.32 Å². The summed E-state index contributed by atoms with van der Waals surface area (Å²) in [6, 6.07) is 14.3. The summed E-state index contributed by atoms with van der Waals surface area (Å²) in [4.78, 5) is 12.2. The number of amides is 1. The Balaban J connectivity index is 1.88. The van der Waals surface area contributed by atoms with E-state index in [-0.39, 0.29) is 12.4 Å². The van der Waals surface area contributed by atoms with Crippen LogP contribution in [0.2, 0.25) is 0 Å². The molecule has 25 heavy (non-hydrogen) atoms. The van der Waals surface area contributed by atoms with Crippen molar-refractivity contribution in [3.8, 4) is 11.5 Å². The Morgan fingerprint density at radius 3 is 2.44 bits per heavy atom. The molecule has 5 nitrogen and oxygen atoms in total. The molecule has 2 aromatic carbocycles. The zero-order valence-corrected chi connectivity index (χ0v) is 14.8. The van der Waals surface area contributed by atoms with Crippen LogP contribution in [0.3, 0.4) is 0 Å². The molecule has 0 fully saturated rings. The van der Waals surface area contributed by atoms with Crippen molar-refractivity contribution in [2.45, 2.75) is 38.8 Å². The van der Waals surface area contributed by atoms with Gasteiger partial charge in [-0.05, 0) is 56.5 Å². The van der Waals surface area contributed by atoms with Crippen molar-refractivity contribution in [3.63, 3.8) is 0 Å². The van der Waals surface area contributed by atoms with Gasteiger partial charge in [-0.3, -0.25) is 4.79 Å². The van der Waals surface area contributed by atoms with E-state index < -0.39 is 17.6 Å². The van der Waals surface area contributed by atoms with Crippen molar-refractivity contribution in [2.75, 3.05) is 6.61 Å². The number of carbonyl (C=O) groups excluding carboxylic acids is 1. The normalized spacial score (nSPS) is 12.5. The molecule has 0 radical (unpaired) electrons. The first kappa shape index (κ1) is 18.8. The number of aryl methyl sites for hydroxylation is 1. The van der Waals surface area contributed by atoms with Crippen LogP contribution in [0.4, 0.5) is 0 Å². The summed E-state index contributed by atoms with van der Waals surface area (Å²) in [5.41, 5.74) is 1.38. The standard InChI is InChI=1S/C20H25NO4/c1-14-6-4-5-7-18(14)25-13-17(23)19(24)21-20(2,3)12-15-8-10-16(22)11-9-15/h4-11,17,22-23H,12-13H2,1-3H3,(H,21,24). The molecule has 2 aromatic rings. The van der Waals surface area contributed by atoms with Gasteiger partial charge in [-0.2, -0.15) is 0 Å². The van der Waals surface area contributed by atoms with Crippen molar-refractivity contribution in [2.24, 2.45) is 0 Å². The lowest BCUT2D eigenvalue weighted by molar-refractivity contribution is -0.132. The fourth-order valence-corrected chi connectivity index (χ4v) is 2.55. The van der Waals surface area contributed by atoms with Crippen LogP contribution in [-0.2, 0) is 11.2 Å². The lowest BCUT2D eigenvalue weighted by Crippen LogP contribution is -2.50. The number of phenolic OH excluding ortho intramolecular Hbond substituents is 1. The van der Waals surface area contributed by atoms with Crippen LogP contribution in [-0.4, -0.2) is 34.4 Å². The molecular weight excluding hydrogens is 318 g/mol.